The number of amides is 1. The molecule has 1 fully saturated rings. The number of aryl methyl sites for hydroxylation is 2. The molecule has 3 rings (SSSR count). The van der Waals surface area contributed by atoms with Crippen molar-refractivity contribution in [3.8, 4) is 0 Å². The molecule has 138 valence electrons. The molecule has 0 radical (unpaired) electrons. The molecule has 0 aliphatic carbocycles. The maximum absolute atomic E-state index is 13.9. The summed E-state index contributed by atoms with van der Waals surface area (Å²) >= 11 is 6.26. The molecule has 0 bridgehead atoms. The van der Waals surface area contributed by atoms with Gasteiger partial charge in [-0.05, 0) is 43.2 Å². The van der Waals surface area contributed by atoms with Crippen LogP contribution < -0.4 is 15.1 Å². The molecule has 1 heterocycles. The lowest BCUT2D eigenvalue weighted by Gasteiger charge is -2.33. The molecule has 26 heavy (non-hydrogen) atoms. The fourth-order valence-corrected chi connectivity index (χ4v) is 3.80. The summed E-state index contributed by atoms with van der Waals surface area (Å²) in [5, 5.41) is 3.50. The number of hydrogen-bond acceptors (Lipinski definition) is 2. The van der Waals surface area contributed by atoms with Crippen LogP contribution in [0.5, 0.6) is 0 Å². The van der Waals surface area contributed by atoms with Gasteiger partial charge in [-0.3, -0.25) is 4.79 Å². The van der Waals surface area contributed by atoms with E-state index in [0.29, 0.717) is 22.9 Å². The molecule has 2 aromatic carbocycles. The van der Waals surface area contributed by atoms with Gasteiger partial charge in [0, 0.05) is 0 Å². The van der Waals surface area contributed by atoms with Gasteiger partial charge in [-0.25, -0.2) is 4.39 Å². The molecule has 6 heteroatoms. The van der Waals surface area contributed by atoms with E-state index in [-0.39, 0.29) is 11.7 Å². The number of hydrogen-bond donors (Lipinski definition) is 2. The minimum absolute atomic E-state index is 0.0480. The molecule has 2 N–H and O–H groups in total. The predicted octanol–water partition coefficient (Wildman–Crippen LogP) is 2.44. The Labute approximate surface area is 158 Å². The molecule has 1 aliphatic rings. The van der Waals surface area contributed by atoms with Crippen LogP contribution in [0, 0.1) is 19.7 Å². The largest absolute Gasteiger partial charge is 0.358 e. The first kappa shape index (κ1) is 18.7. The molecule has 0 aromatic heterocycles. The monoisotopic (exact) mass is 376 g/mol. The number of halogens is 2. The molecule has 0 saturated carbocycles. The number of carbonyl (C=O) groups excluding carboxylic acids is 1. The highest BCUT2D eigenvalue weighted by Gasteiger charge is 2.24. The number of quaternary nitrogens is 1. The van der Waals surface area contributed by atoms with E-state index in [9.17, 15) is 9.18 Å². The van der Waals surface area contributed by atoms with Crippen molar-refractivity contribution in [1.29, 1.82) is 0 Å². The molecular weight excluding hydrogens is 353 g/mol. The van der Waals surface area contributed by atoms with Crippen LogP contribution in [0.25, 0.3) is 0 Å². The first-order valence-corrected chi connectivity index (χ1v) is 9.21. The second-order valence-electron chi connectivity index (χ2n) is 6.85. The van der Waals surface area contributed by atoms with Gasteiger partial charge in [-0.2, -0.15) is 0 Å². The molecule has 1 amide bonds. The smallest absolute Gasteiger partial charge is 0.279 e. The summed E-state index contributed by atoms with van der Waals surface area (Å²) < 4.78 is 13.9. The predicted molar refractivity (Wildman–Crippen MR) is 104 cm³/mol. The SMILES string of the molecule is Cc1cc(C)c(NC(=O)C[NH+]2CCN(c3ccccc3F)CC2)c(Cl)c1. The Morgan fingerprint density at radius 1 is 1.23 bits per heavy atom. The van der Waals surface area contributed by atoms with Gasteiger partial charge in [0.25, 0.3) is 5.91 Å². The lowest BCUT2D eigenvalue weighted by Crippen LogP contribution is -3.15. The zero-order valence-corrected chi connectivity index (χ0v) is 15.9. The van der Waals surface area contributed by atoms with Crippen LogP contribution in [0.2, 0.25) is 5.02 Å². The van der Waals surface area contributed by atoms with Crippen molar-refractivity contribution in [2.24, 2.45) is 0 Å². The fourth-order valence-electron chi connectivity index (χ4n) is 3.43. The minimum Gasteiger partial charge on any atom is -0.358 e. The third-order valence-electron chi connectivity index (χ3n) is 4.77. The summed E-state index contributed by atoms with van der Waals surface area (Å²) in [5.74, 6) is -0.244. The van der Waals surface area contributed by atoms with E-state index in [1.807, 2.05) is 36.9 Å². The van der Waals surface area contributed by atoms with Crippen molar-refractivity contribution in [2.75, 3.05) is 42.9 Å². The van der Waals surface area contributed by atoms with E-state index >= 15 is 0 Å². The third-order valence-corrected chi connectivity index (χ3v) is 5.07. The zero-order valence-electron chi connectivity index (χ0n) is 15.1. The number of nitrogens with zero attached hydrogens (tertiary/aromatic N) is 1. The van der Waals surface area contributed by atoms with Crippen molar-refractivity contribution in [2.45, 2.75) is 13.8 Å². The Bertz CT molecular complexity index is 780. The van der Waals surface area contributed by atoms with Crippen molar-refractivity contribution < 1.29 is 14.1 Å². The molecule has 1 aliphatic heterocycles. The van der Waals surface area contributed by atoms with Crippen LogP contribution in [-0.4, -0.2) is 38.6 Å². The second kappa shape index (κ2) is 8.06. The minimum atomic E-state index is -0.196. The highest BCUT2D eigenvalue weighted by molar-refractivity contribution is 6.34. The highest BCUT2D eigenvalue weighted by atomic mass is 35.5. The number of nitrogens with one attached hydrogen (secondary N) is 2. The second-order valence-corrected chi connectivity index (χ2v) is 7.26. The summed E-state index contributed by atoms with van der Waals surface area (Å²) in [6.45, 7) is 7.35. The Morgan fingerprint density at radius 3 is 2.58 bits per heavy atom. The van der Waals surface area contributed by atoms with Crippen LogP contribution >= 0.6 is 11.6 Å². The summed E-state index contributed by atoms with van der Waals surface area (Å²) in [5.41, 5.74) is 3.35. The Morgan fingerprint density at radius 2 is 1.92 bits per heavy atom. The van der Waals surface area contributed by atoms with Crippen LogP contribution in [-0.2, 0) is 4.79 Å². The van der Waals surface area contributed by atoms with Crippen molar-refractivity contribution in [1.82, 2.24) is 0 Å². The summed E-state index contributed by atoms with van der Waals surface area (Å²) in [7, 11) is 0. The molecule has 0 unspecified atom stereocenters. The zero-order chi connectivity index (χ0) is 18.7. The normalized spacial score (nSPS) is 15.2. The lowest BCUT2D eigenvalue weighted by molar-refractivity contribution is -0.892. The average Bonchev–Trinajstić information content (AvgIpc) is 2.59. The molecular formula is C20H24ClFN3O+. The molecule has 1 saturated heterocycles. The quantitative estimate of drug-likeness (QED) is 0.860. The third kappa shape index (κ3) is 4.34. The number of benzene rings is 2. The summed E-state index contributed by atoms with van der Waals surface area (Å²) in [4.78, 5) is 15.6. The van der Waals surface area contributed by atoms with Crippen molar-refractivity contribution in [3.05, 3.63) is 58.4 Å². The van der Waals surface area contributed by atoms with Gasteiger partial charge >= 0.3 is 0 Å². The van der Waals surface area contributed by atoms with Gasteiger partial charge in [0.2, 0.25) is 0 Å². The maximum atomic E-state index is 13.9. The topological polar surface area (TPSA) is 36.8 Å². The van der Waals surface area contributed by atoms with Gasteiger partial charge < -0.3 is 15.1 Å². The first-order chi connectivity index (χ1) is 12.4. The van der Waals surface area contributed by atoms with Crippen LogP contribution in [0.4, 0.5) is 15.8 Å². The Kier molecular flexibility index (Phi) is 5.79. The van der Waals surface area contributed by atoms with Crippen LogP contribution in [0.15, 0.2) is 36.4 Å². The summed E-state index contributed by atoms with van der Waals surface area (Å²) in [6, 6.07) is 10.7. The first-order valence-electron chi connectivity index (χ1n) is 8.83. The number of anilines is 2. The van der Waals surface area contributed by atoms with Crippen molar-refractivity contribution in [3.63, 3.8) is 0 Å². The standard InChI is InChI=1S/C20H23ClFN3O/c1-14-11-15(2)20(16(21)12-14)23-19(26)13-24-7-9-25(10-8-24)18-6-4-3-5-17(18)22/h3-6,11-12H,7-10,13H2,1-2H3,(H,23,26)/p+1. The van der Waals surface area contributed by atoms with E-state index < -0.39 is 0 Å². The van der Waals surface area contributed by atoms with E-state index in [4.69, 9.17) is 11.6 Å². The van der Waals surface area contributed by atoms with Gasteiger partial charge in [0.05, 0.1) is 42.6 Å². The Balaban J connectivity index is 1.55. The molecule has 2 aromatic rings. The number of piperazine rings is 1. The number of rotatable bonds is 4. The van der Waals surface area contributed by atoms with E-state index in [0.717, 1.165) is 37.3 Å². The highest BCUT2D eigenvalue weighted by Crippen LogP contribution is 2.27. The van der Waals surface area contributed by atoms with Crippen LogP contribution in [0.1, 0.15) is 11.1 Å². The van der Waals surface area contributed by atoms with Gasteiger partial charge in [0.15, 0.2) is 6.54 Å². The summed E-state index contributed by atoms with van der Waals surface area (Å²) in [6.07, 6.45) is 0. The van der Waals surface area contributed by atoms with Crippen molar-refractivity contribution >= 4 is 28.9 Å². The number of carbonyl (C=O) groups is 1. The average molecular weight is 377 g/mol. The van der Waals surface area contributed by atoms with E-state index in [1.54, 1.807) is 12.1 Å². The molecule has 4 nitrogen and oxygen atoms in total. The lowest BCUT2D eigenvalue weighted by atomic mass is 10.1. The van der Waals surface area contributed by atoms with E-state index in [2.05, 4.69) is 5.32 Å². The van der Waals surface area contributed by atoms with Gasteiger partial charge in [0.1, 0.15) is 5.82 Å². The number of para-hydroxylation sites is 1. The fraction of sp³-hybridized carbons (Fsp3) is 0.350. The maximum Gasteiger partial charge on any atom is 0.279 e. The van der Waals surface area contributed by atoms with E-state index in [1.165, 1.54) is 11.0 Å². The van der Waals surface area contributed by atoms with Gasteiger partial charge in [-0.1, -0.05) is 29.8 Å². The van der Waals surface area contributed by atoms with Gasteiger partial charge in [-0.15, -0.1) is 0 Å². The van der Waals surface area contributed by atoms with Crippen LogP contribution in [0.3, 0.4) is 0 Å². The molecule has 0 spiro atoms. The Hall–Kier alpha value is -2.11. The molecule has 0 atom stereocenters.